The second kappa shape index (κ2) is 60.0. The van der Waals surface area contributed by atoms with E-state index in [1.165, 1.54) is 26.3 Å². The molecule has 0 fully saturated rings. The molecule has 0 unspecified atom stereocenters. The number of nitrogens with zero attached hydrogens (tertiary/aromatic N) is 6. The van der Waals surface area contributed by atoms with Gasteiger partial charge in [-0.05, 0) is 0 Å². The molecule has 0 aliphatic heterocycles. The van der Waals surface area contributed by atoms with Gasteiger partial charge in [0.1, 0.15) is 0 Å². The topological polar surface area (TPSA) is 114 Å². The average molecular weight is 602 g/mol. The third-order valence-electron chi connectivity index (χ3n) is 0. The molecule has 117 valence electrons. The van der Waals surface area contributed by atoms with Crippen molar-refractivity contribution in [3.05, 3.63) is 16.2 Å². The van der Waals surface area contributed by atoms with Crippen LogP contribution < -0.4 is 0 Å². The van der Waals surface area contributed by atoms with E-state index in [0.29, 0.717) is 0 Å². The molecule has 0 saturated carbocycles. The summed E-state index contributed by atoms with van der Waals surface area (Å²) in [4.78, 5) is 0. The van der Waals surface area contributed by atoms with Crippen LogP contribution in [0.1, 0.15) is 0 Å². The number of rotatable bonds is 0. The Morgan fingerprint density at radius 3 is 0.762 bits per heavy atom. The maximum absolute atomic E-state index is 7.13. The van der Waals surface area contributed by atoms with Crippen molar-refractivity contribution in [3.63, 3.8) is 0 Å². The smallest absolute Gasteiger partial charge is 0.0675 e. The first-order chi connectivity index (χ1) is 9.07. The molecule has 0 N–H and O–H groups in total. The van der Waals surface area contributed by atoms with Gasteiger partial charge in [0.15, 0.2) is 0 Å². The summed E-state index contributed by atoms with van der Waals surface area (Å²) in [5.41, 5.74) is 0. The average Bonchev–Trinajstić information content (AvgIpc) is 2.19. The summed E-state index contributed by atoms with van der Waals surface area (Å²) in [7, 11) is 8.50. The minimum Gasteiger partial charge on any atom is -0.753 e. The molecular weight excluding hydrogens is 589 g/mol. The van der Waals surface area contributed by atoms with E-state index in [9.17, 15) is 0 Å². The summed E-state index contributed by atoms with van der Waals surface area (Å²) in [6.07, 6.45) is 0. The Morgan fingerprint density at radius 2 is 0.762 bits per heavy atom. The van der Waals surface area contributed by atoms with Crippen molar-refractivity contribution in [2.75, 3.05) is 28.2 Å². The first kappa shape index (κ1) is 42.8. The van der Waals surface area contributed by atoms with Crippen molar-refractivity contribution in [1.29, 1.82) is 10.5 Å². The molecule has 21 heavy (non-hydrogen) atoms. The Hall–Kier alpha value is -0.207. The van der Waals surface area contributed by atoms with Gasteiger partial charge in [0.25, 0.3) is 0 Å². The predicted octanol–water partition coefficient (Wildman–Crippen LogP) is 2.33. The van der Waals surface area contributed by atoms with Gasteiger partial charge in [-0.2, -0.15) is 15.5 Å². The van der Waals surface area contributed by atoms with Gasteiger partial charge in [0.2, 0.25) is 0 Å². The fourth-order valence-corrected chi connectivity index (χ4v) is 0. The van der Waals surface area contributed by atoms with Gasteiger partial charge < -0.3 is 46.0 Å². The number of thiocyanates is 2. The molecule has 6 nitrogen and oxygen atoms in total. The Morgan fingerprint density at radius 1 is 0.762 bits per heavy atom. The summed E-state index contributed by atoms with van der Waals surface area (Å²) < 4.78 is 1.00. The van der Waals surface area contributed by atoms with E-state index in [1.54, 1.807) is 0 Å². The van der Waals surface area contributed by atoms with Crippen LogP contribution in [0, 0.1) is 51.3 Å². The molecule has 1 radical (unpaired) electrons. The number of hydrogen-bond acceptors (Lipinski definition) is 7. The molecule has 0 spiro atoms. The molecule has 0 aliphatic carbocycles. The fraction of sp³-hybridized carbons (Fsp3) is 0.444. The first-order valence-corrected chi connectivity index (χ1v) is 5.97. The molecule has 0 saturated heterocycles. The molecule has 0 bridgehead atoms. The number of quaternary nitrogens is 1. The summed E-state index contributed by atoms with van der Waals surface area (Å²) in [6.45, 7) is 0. The summed E-state index contributed by atoms with van der Waals surface area (Å²) >= 11 is 18.5. The molecule has 0 rings (SSSR count). The zero-order chi connectivity index (χ0) is 18.0. The van der Waals surface area contributed by atoms with Crippen molar-refractivity contribution in [2.24, 2.45) is 0 Å². The second-order valence-corrected chi connectivity index (χ2v) is 4.05. The van der Waals surface area contributed by atoms with E-state index in [0.717, 1.165) is 4.48 Å². The van der Waals surface area contributed by atoms with Crippen LogP contribution in [0.25, 0.3) is 16.2 Å². The van der Waals surface area contributed by atoms with Crippen LogP contribution >= 0.6 is 36.7 Å². The van der Waals surface area contributed by atoms with Crippen LogP contribution in [0.15, 0.2) is 0 Å². The maximum Gasteiger partial charge on any atom is 0.0675 e. The minimum atomic E-state index is 0. The first-order valence-electron chi connectivity index (χ1n) is 3.93. The van der Waals surface area contributed by atoms with Gasteiger partial charge in [-0.1, -0.05) is 47.5 Å². The van der Waals surface area contributed by atoms with Gasteiger partial charge in [0, 0.05) is 29.9 Å². The number of isothiocyanates is 3. The summed E-state index contributed by atoms with van der Waals surface area (Å²) in [5.74, 6) is 0. The zero-order valence-electron chi connectivity index (χ0n) is 11.7. The van der Waals surface area contributed by atoms with Crippen LogP contribution in [0.2, 0.25) is 0 Å². The van der Waals surface area contributed by atoms with Crippen LogP contribution in [0.3, 0.4) is 0 Å². The largest absolute Gasteiger partial charge is 0.753 e. The van der Waals surface area contributed by atoms with Gasteiger partial charge in [-0.15, -0.1) is 0 Å². The van der Waals surface area contributed by atoms with E-state index in [1.807, 2.05) is 0 Å². The molecule has 0 amide bonds. The monoisotopic (exact) mass is 600 g/mol. The van der Waals surface area contributed by atoms with Crippen molar-refractivity contribution in [1.82, 2.24) is 0 Å². The van der Waals surface area contributed by atoms with Crippen LogP contribution in [0.4, 0.5) is 0 Å². The van der Waals surface area contributed by atoms with Crippen molar-refractivity contribution >= 4 is 77.4 Å². The van der Waals surface area contributed by atoms with Crippen molar-refractivity contribution in [2.45, 2.75) is 0 Å². The van der Waals surface area contributed by atoms with Crippen LogP contribution in [0.5, 0.6) is 0 Å². The molecule has 0 aromatic heterocycles. The van der Waals surface area contributed by atoms with E-state index in [2.05, 4.69) is 90.1 Å². The SMILES string of the molecule is C[N+](C)(C)C.N#C[S-].N#C[S-].[N-]=C=S.[N-]=C=S.[N-]=C=S.[Np]. The van der Waals surface area contributed by atoms with Gasteiger partial charge >= 0.3 is 0 Å². The quantitative estimate of drug-likeness (QED) is 0.138. The molecular formula is C9H12N6NpS5-4. The Balaban J connectivity index is -0.0000000226. The van der Waals surface area contributed by atoms with Crippen LogP contribution in [-0.4, -0.2) is 48.2 Å². The third kappa shape index (κ3) is 146000. The maximum atomic E-state index is 7.13. The van der Waals surface area contributed by atoms with E-state index in [-0.39, 0.29) is 29.9 Å². The summed E-state index contributed by atoms with van der Waals surface area (Å²) in [5, 5.41) is 42.3. The summed E-state index contributed by atoms with van der Waals surface area (Å²) in [6, 6.07) is 0. The standard InChI is InChI=1S/C4H12N.2CHNS.3CNS.Np/c1-5(2,3)4;5*2-1-3;/h1-4H3;2*3H;;;;/q+1;;;3*-1;/p-2. The molecule has 0 aromatic rings. The fourth-order valence-electron chi connectivity index (χ4n) is 0. The van der Waals surface area contributed by atoms with Crippen molar-refractivity contribution in [3.8, 4) is 10.8 Å². The van der Waals surface area contributed by atoms with E-state index in [4.69, 9.17) is 26.8 Å². The number of thiocarbonyl (C=S) groups is 3. The van der Waals surface area contributed by atoms with E-state index >= 15 is 0 Å². The molecule has 0 atom stereocenters. The normalized spacial score (nSPS) is 4.67. The Labute approximate surface area is 176 Å². The second-order valence-electron chi connectivity index (χ2n) is 3.14. The molecule has 0 aromatic carbocycles. The number of nitriles is 2. The molecule has 0 heterocycles. The van der Waals surface area contributed by atoms with E-state index < -0.39 is 0 Å². The molecule has 12 heteroatoms. The van der Waals surface area contributed by atoms with Gasteiger partial charge in [-0.25, -0.2) is 10.5 Å². The van der Waals surface area contributed by atoms with Gasteiger partial charge in [-0.3, -0.25) is 0 Å². The molecule has 0 aliphatic rings. The predicted molar refractivity (Wildman–Crippen MR) is 97.8 cm³/mol. The Bertz CT molecular complexity index is 304. The zero-order valence-corrected chi connectivity index (χ0v) is 19.5. The Kier molecular flexibility index (Phi) is 122. The van der Waals surface area contributed by atoms with Crippen LogP contribution in [-0.2, 0) is 25.3 Å². The van der Waals surface area contributed by atoms with Gasteiger partial charge in [0.05, 0.1) is 28.2 Å². The minimum absolute atomic E-state index is 0. The van der Waals surface area contributed by atoms with Crippen molar-refractivity contribution < 1.29 is 34.4 Å². The number of hydrogen-bond donors (Lipinski definition) is 0. The third-order valence-corrected chi connectivity index (χ3v) is 0.